The molecular formula is C26H24N6O2S. The minimum absolute atomic E-state index is 0.130. The topological polar surface area (TPSA) is 89.4 Å². The van der Waals surface area contributed by atoms with Gasteiger partial charge < -0.3 is 4.42 Å². The van der Waals surface area contributed by atoms with Crippen molar-refractivity contribution >= 4 is 23.4 Å². The summed E-state index contributed by atoms with van der Waals surface area (Å²) < 4.78 is 7.58. The van der Waals surface area contributed by atoms with Crippen LogP contribution in [0.15, 0.2) is 94.5 Å². The first-order valence-corrected chi connectivity index (χ1v) is 12.2. The smallest absolute Gasteiger partial charge is 0.253 e. The highest BCUT2D eigenvalue weighted by Gasteiger charge is 2.35. The predicted molar refractivity (Wildman–Crippen MR) is 135 cm³/mol. The number of carbonyl (C=O) groups excluding carboxylic acids is 1. The maximum atomic E-state index is 13.4. The van der Waals surface area contributed by atoms with Gasteiger partial charge in [0.2, 0.25) is 0 Å². The van der Waals surface area contributed by atoms with Crippen molar-refractivity contribution in [3.05, 3.63) is 96.7 Å². The van der Waals surface area contributed by atoms with Crippen molar-refractivity contribution in [1.82, 2.24) is 24.8 Å². The van der Waals surface area contributed by atoms with Crippen LogP contribution in [0.1, 0.15) is 29.3 Å². The van der Waals surface area contributed by atoms with E-state index in [2.05, 4.69) is 21.8 Å². The van der Waals surface area contributed by atoms with E-state index in [4.69, 9.17) is 9.52 Å². The lowest BCUT2D eigenvalue weighted by Crippen LogP contribution is -2.28. The lowest BCUT2D eigenvalue weighted by molar-refractivity contribution is -0.130. The highest BCUT2D eigenvalue weighted by molar-refractivity contribution is 7.99. The summed E-state index contributed by atoms with van der Waals surface area (Å²) in [6.45, 7) is 6.41. The van der Waals surface area contributed by atoms with E-state index in [9.17, 15) is 4.79 Å². The Morgan fingerprint density at radius 3 is 2.74 bits per heavy atom. The van der Waals surface area contributed by atoms with E-state index < -0.39 is 0 Å². The molecule has 35 heavy (non-hydrogen) atoms. The van der Waals surface area contributed by atoms with Crippen molar-refractivity contribution < 1.29 is 9.21 Å². The molecule has 0 aliphatic carbocycles. The lowest BCUT2D eigenvalue weighted by atomic mass is 10.0. The number of amides is 1. The number of pyridine rings is 1. The third-order valence-electron chi connectivity index (χ3n) is 5.70. The molecule has 0 spiro atoms. The lowest BCUT2D eigenvalue weighted by Gasteiger charge is -2.19. The van der Waals surface area contributed by atoms with Crippen LogP contribution >= 0.6 is 11.8 Å². The molecule has 3 aromatic heterocycles. The molecule has 0 N–H and O–H groups in total. The summed E-state index contributed by atoms with van der Waals surface area (Å²) in [5.41, 5.74) is 3.89. The van der Waals surface area contributed by atoms with E-state index >= 15 is 0 Å². The maximum absolute atomic E-state index is 13.4. The van der Waals surface area contributed by atoms with Crippen LogP contribution in [0.4, 0.5) is 0 Å². The number of rotatable bonds is 8. The molecule has 0 fully saturated rings. The van der Waals surface area contributed by atoms with Crippen LogP contribution in [-0.2, 0) is 11.3 Å². The number of hydrogen-bond acceptors (Lipinski definition) is 7. The summed E-state index contributed by atoms with van der Waals surface area (Å²) in [5.74, 6) is 1.42. The Kier molecular flexibility index (Phi) is 6.58. The highest BCUT2D eigenvalue weighted by Crippen LogP contribution is 2.34. The molecule has 8 nitrogen and oxygen atoms in total. The normalized spacial score (nSPS) is 15.3. The number of carbonyl (C=O) groups is 1. The Morgan fingerprint density at radius 2 is 2.03 bits per heavy atom. The average Bonchev–Trinajstić information content (AvgIpc) is 3.64. The molecule has 4 aromatic rings. The number of furan rings is 1. The van der Waals surface area contributed by atoms with Gasteiger partial charge in [-0.2, -0.15) is 5.10 Å². The molecule has 176 valence electrons. The summed E-state index contributed by atoms with van der Waals surface area (Å²) in [4.78, 5) is 17.5. The fourth-order valence-corrected chi connectivity index (χ4v) is 4.75. The largest absolute Gasteiger partial charge is 0.467 e. The molecule has 4 heterocycles. The molecule has 9 heteroatoms. The van der Waals surface area contributed by atoms with Crippen molar-refractivity contribution in [2.24, 2.45) is 5.10 Å². The van der Waals surface area contributed by atoms with E-state index in [0.29, 0.717) is 29.7 Å². The highest BCUT2D eigenvalue weighted by atomic mass is 32.2. The average molecular weight is 485 g/mol. The van der Waals surface area contributed by atoms with Gasteiger partial charge in [0, 0.05) is 30.9 Å². The van der Waals surface area contributed by atoms with Gasteiger partial charge in [-0.15, -0.1) is 16.8 Å². The zero-order chi connectivity index (χ0) is 24.2. The van der Waals surface area contributed by atoms with Crippen LogP contribution in [0.2, 0.25) is 0 Å². The fraction of sp³-hybridized carbons (Fsp3) is 0.192. The van der Waals surface area contributed by atoms with E-state index in [1.165, 1.54) is 22.3 Å². The molecule has 0 saturated heterocycles. The molecular weight excluding hydrogens is 460 g/mol. The molecule has 1 aromatic carbocycles. The Morgan fingerprint density at radius 1 is 1.17 bits per heavy atom. The SMILES string of the molecule is C=CCn1c(SCC(=O)N2N=C(c3ccc(C)cc3)C[C@@H]2c2ccco2)nnc1-c1cccnc1. The first-order chi connectivity index (χ1) is 17.1. The van der Waals surface area contributed by atoms with Gasteiger partial charge in [0.05, 0.1) is 17.7 Å². The molecule has 0 bridgehead atoms. The molecule has 5 rings (SSSR count). The zero-order valence-electron chi connectivity index (χ0n) is 19.2. The number of aryl methyl sites for hydroxylation is 1. The number of benzene rings is 1. The molecule has 1 atom stereocenters. The van der Waals surface area contributed by atoms with Crippen molar-refractivity contribution in [3.8, 4) is 11.4 Å². The van der Waals surface area contributed by atoms with Crippen molar-refractivity contribution in [1.29, 1.82) is 0 Å². The third kappa shape index (κ3) is 4.81. The molecule has 0 radical (unpaired) electrons. The van der Waals surface area contributed by atoms with Crippen molar-refractivity contribution in [3.63, 3.8) is 0 Å². The number of aromatic nitrogens is 4. The monoisotopic (exact) mass is 484 g/mol. The minimum atomic E-state index is -0.286. The van der Waals surface area contributed by atoms with Crippen molar-refractivity contribution in [2.45, 2.75) is 31.1 Å². The number of hydrazone groups is 1. The zero-order valence-corrected chi connectivity index (χ0v) is 20.1. The van der Waals surface area contributed by atoms with Gasteiger partial charge in [0.15, 0.2) is 11.0 Å². The van der Waals surface area contributed by atoms with Crippen LogP contribution in [-0.4, -0.2) is 42.1 Å². The Labute approximate surface area is 207 Å². The van der Waals surface area contributed by atoms with Gasteiger partial charge >= 0.3 is 0 Å². The Balaban J connectivity index is 1.37. The fourth-order valence-electron chi connectivity index (χ4n) is 3.95. The number of nitrogens with zero attached hydrogens (tertiary/aromatic N) is 6. The summed E-state index contributed by atoms with van der Waals surface area (Å²) in [6.07, 6.45) is 7.44. The van der Waals surface area contributed by atoms with E-state index in [-0.39, 0.29) is 17.7 Å². The van der Waals surface area contributed by atoms with Gasteiger partial charge in [-0.1, -0.05) is 47.7 Å². The van der Waals surface area contributed by atoms with Gasteiger partial charge in [0.25, 0.3) is 5.91 Å². The number of allylic oxidation sites excluding steroid dienone is 1. The quantitative estimate of drug-likeness (QED) is 0.261. The third-order valence-corrected chi connectivity index (χ3v) is 6.65. The standard InChI is InChI=1S/C26H24N6O2S/c1-3-13-31-25(20-6-4-12-27-16-20)28-29-26(31)35-17-24(33)32-22(23-7-5-14-34-23)15-21(30-32)19-10-8-18(2)9-11-19/h3-12,14,16,22H,1,13,15,17H2,2H3/t22-/m1/s1. The number of thioether (sulfide) groups is 1. The minimum Gasteiger partial charge on any atom is -0.467 e. The first kappa shape index (κ1) is 22.8. The van der Waals surface area contributed by atoms with Crippen LogP contribution in [0, 0.1) is 6.92 Å². The van der Waals surface area contributed by atoms with Gasteiger partial charge in [-0.25, -0.2) is 5.01 Å². The molecule has 0 unspecified atom stereocenters. The molecule has 0 saturated carbocycles. The van der Waals surface area contributed by atoms with Crippen LogP contribution in [0.5, 0.6) is 0 Å². The second-order valence-electron chi connectivity index (χ2n) is 8.12. The first-order valence-electron chi connectivity index (χ1n) is 11.2. The van der Waals surface area contributed by atoms with Crippen LogP contribution < -0.4 is 0 Å². The van der Waals surface area contributed by atoms with Gasteiger partial charge in [0.1, 0.15) is 11.8 Å². The van der Waals surface area contributed by atoms with E-state index in [1.54, 1.807) is 24.7 Å². The summed E-state index contributed by atoms with van der Waals surface area (Å²) in [5, 5.41) is 15.5. The Hall–Kier alpha value is -3.98. The van der Waals surface area contributed by atoms with E-state index in [0.717, 1.165) is 16.8 Å². The van der Waals surface area contributed by atoms with Crippen molar-refractivity contribution in [2.75, 3.05) is 5.75 Å². The predicted octanol–water partition coefficient (Wildman–Crippen LogP) is 4.90. The van der Waals surface area contributed by atoms with Gasteiger partial charge in [-0.05, 0) is 36.8 Å². The summed E-state index contributed by atoms with van der Waals surface area (Å²) >= 11 is 1.33. The van der Waals surface area contributed by atoms with E-state index in [1.807, 2.05) is 60.0 Å². The maximum Gasteiger partial charge on any atom is 0.253 e. The number of hydrogen-bond donors (Lipinski definition) is 0. The summed E-state index contributed by atoms with van der Waals surface area (Å²) in [7, 11) is 0. The molecule has 1 aliphatic rings. The van der Waals surface area contributed by atoms with Gasteiger partial charge in [-0.3, -0.25) is 14.3 Å². The Bertz CT molecular complexity index is 1350. The van der Waals surface area contributed by atoms with Crippen LogP contribution in [0.25, 0.3) is 11.4 Å². The van der Waals surface area contributed by atoms with Crippen LogP contribution in [0.3, 0.4) is 0 Å². The molecule has 1 amide bonds. The summed E-state index contributed by atoms with van der Waals surface area (Å²) in [6, 6.07) is 15.4. The second kappa shape index (κ2) is 10.1. The molecule has 1 aliphatic heterocycles. The second-order valence-corrected chi connectivity index (χ2v) is 9.06.